The highest BCUT2D eigenvalue weighted by Gasteiger charge is 2.09. The van der Waals surface area contributed by atoms with E-state index in [0.29, 0.717) is 0 Å². The minimum atomic E-state index is 0.189. The molecule has 3 aromatic rings. The summed E-state index contributed by atoms with van der Waals surface area (Å²) in [6.45, 7) is 2.18. The zero-order valence-electron chi connectivity index (χ0n) is 10.9. The normalized spacial score (nSPS) is 12.9. The zero-order chi connectivity index (χ0) is 13.2. The van der Waals surface area contributed by atoms with Crippen LogP contribution in [0.4, 0.5) is 0 Å². The lowest BCUT2D eigenvalue weighted by Crippen LogP contribution is -2.07. The van der Waals surface area contributed by atoms with Gasteiger partial charge >= 0.3 is 0 Å². The second-order valence-electron chi connectivity index (χ2n) is 4.77. The van der Waals surface area contributed by atoms with E-state index in [9.17, 15) is 0 Å². The molecule has 0 aliphatic heterocycles. The van der Waals surface area contributed by atoms with E-state index in [4.69, 9.17) is 5.73 Å². The fourth-order valence-corrected chi connectivity index (χ4v) is 4.09. The van der Waals surface area contributed by atoms with E-state index < -0.39 is 0 Å². The summed E-state index contributed by atoms with van der Waals surface area (Å²) in [6.07, 6.45) is 2.19. The van der Waals surface area contributed by atoms with Gasteiger partial charge in [-0.25, -0.2) is 0 Å². The van der Waals surface area contributed by atoms with Crippen molar-refractivity contribution in [1.29, 1.82) is 0 Å². The number of nitrogens with two attached hydrogens (primary N) is 1. The van der Waals surface area contributed by atoms with Crippen molar-refractivity contribution >= 4 is 32.8 Å². The van der Waals surface area contributed by atoms with Crippen LogP contribution in [0.2, 0.25) is 0 Å². The van der Waals surface area contributed by atoms with Crippen LogP contribution in [-0.4, -0.2) is 0 Å². The van der Waals surface area contributed by atoms with E-state index >= 15 is 0 Å². The molecule has 0 bridgehead atoms. The summed E-state index contributed by atoms with van der Waals surface area (Å²) in [5.41, 5.74) is 7.48. The van der Waals surface area contributed by atoms with Gasteiger partial charge < -0.3 is 5.73 Å². The third-order valence-corrected chi connectivity index (χ3v) is 5.49. The number of thiophene rings is 2. The quantitative estimate of drug-likeness (QED) is 0.680. The molecular formula is C16H17NS2. The maximum atomic E-state index is 6.18. The summed E-state index contributed by atoms with van der Waals surface area (Å²) < 4.78 is 1.35. The maximum Gasteiger partial charge on any atom is 0.0389 e. The van der Waals surface area contributed by atoms with Gasteiger partial charge in [0.2, 0.25) is 0 Å². The van der Waals surface area contributed by atoms with E-state index in [1.54, 1.807) is 11.3 Å². The molecule has 0 saturated heterocycles. The van der Waals surface area contributed by atoms with E-state index in [1.807, 2.05) is 11.3 Å². The molecule has 3 heteroatoms. The average molecular weight is 287 g/mol. The Hall–Kier alpha value is -1.16. The first-order valence-corrected chi connectivity index (χ1v) is 8.30. The van der Waals surface area contributed by atoms with Crippen LogP contribution in [0.1, 0.15) is 30.7 Å². The summed E-state index contributed by atoms with van der Waals surface area (Å²) in [5.74, 6) is 0. The molecule has 3 rings (SSSR count). The highest BCUT2D eigenvalue weighted by molar-refractivity contribution is 7.17. The number of fused-ring (bicyclic) bond motifs is 1. The molecule has 1 nitrogen and oxygen atoms in total. The standard InChI is InChI=1S/C16H17NS2/c1-2-3-13(17)16-7-6-15(19-16)11-4-5-14-12(10-11)8-9-18-14/h4-10,13H,2-3,17H2,1H3. The SMILES string of the molecule is CCCC(N)c1ccc(-c2ccc3sccc3c2)s1. The first-order valence-electron chi connectivity index (χ1n) is 6.61. The van der Waals surface area contributed by atoms with Gasteiger partial charge in [-0.3, -0.25) is 0 Å². The molecule has 19 heavy (non-hydrogen) atoms. The summed E-state index contributed by atoms with van der Waals surface area (Å²) in [4.78, 5) is 2.61. The molecule has 2 heterocycles. The highest BCUT2D eigenvalue weighted by atomic mass is 32.1. The summed E-state index contributed by atoms with van der Waals surface area (Å²) in [7, 11) is 0. The average Bonchev–Trinajstić information content (AvgIpc) is 3.07. The second-order valence-corrected chi connectivity index (χ2v) is 6.83. The van der Waals surface area contributed by atoms with Crippen LogP contribution >= 0.6 is 22.7 Å². The fourth-order valence-electron chi connectivity index (χ4n) is 2.28. The smallest absolute Gasteiger partial charge is 0.0389 e. The van der Waals surface area contributed by atoms with Crippen LogP contribution in [0.3, 0.4) is 0 Å². The minimum absolute atomic E-state index is 0.189. The van der Waals surface area contributed by atoms with Crippen LogP contribution in [-0.2, 0) is 0 Å². The molecule has 0 spiro atoms. The lowest BCUT2D eigenvalue weighted by atomic mass is 10.1. The third-order valence-electron chi connectivity index (χ3n) is 3.33. The van der Waals surface area contributed by atoms with Crippen LogP contribution in [0.25, 0.3) is 20.5 Å². The van der Waals surface area contributed by atoms with Gasteiger partial charge in [-0.2, -0.15) is 0 Å². The molecule has 98 valence electrons. The molecule has 2 aromatic heterocycles. The highest BCUT2D eigenvalue weighted by Crippen LogP contribution is 2.34. The fraction of sp³-hybridized carbons (Fsp3) is 0.250. The van der Waals surface area contributed by atoms with Crippen molar-refractivity contribution in [2.75, 3.05) is 0 Å². The number of hydrogen-bond acceptors (Lipinski definition) is 3. The Morgan fingerprint density at radius 3 is 2.89 bits per heavy atom. The van der Waals surface area contributed by atoms with Crippen LogP contribution in [0.15, 0.2) is 41.8 Å². The molecule has 0 fully saturated rings. The molecule has 0 aliphatic carbocycles. The van der Waals surface area contributed by atoms with E-state index in [2.05, 4.69) is 48.7 Å². The van der Waals surface area contributed by atoms with Gasteiger partial charge in [0.15, 0.2) is 0 Å². The monoisotopic (exact) mass is 287 g/mol. The predicted molar refractivity (Wildman–Crippen MR) is 87.0 cm³/mol. The Morgan fingerprint density at radius 1 is 1.16 bits per heavy atom. The Balaban J connectivity index is 1.93. The van der Waals surface area contributed by atoms with Gasteiger partial charge in [-0.1, -0.05) is 19.4 Å². The van der Waals surface area contributed by atoms with Gasteiger partial charge in [0, 0.05) is 20.5 Å². The summed E-state index contributed by atoms with van der Waals surface area (Å²) >= 11 is 3.61. The molecular weight excluding hydrogens is 270 g/mol. The Bertz CT molecular complexity index is 681. The van der Waals surface area contributed by atoms with Gasteiger partial charge in [-0.05, 0) is 53.1 Å². The maximum absolute atomic E-state index is 6.18. The van der Waals surface area contributed by atoms with Gasteiger partial charge in [0.25, 0.3) is 0 Å². The molecule has 0 radical (unpaired) electrons. The largest absolute Gasteiger partial charge is 0.323 e. The van der Waals surface area contributed by atoms with Crippen molar-refractivity contribution in [3.63, 3.8) is 0 Å². The number of hydrogen-bond donors (Lipinski definition) is 1. The summed E-state index contributed by atoms with van der Waals surface area (Å²) in [6, 6.07) is 13.4. The molecule has 1 unspecified atom stereocenters. The number of rotatable bonds is 4. The molecule has 0 amide bonds. The molecule has 0 saturated carbocycles. The van der Waals surface area contributed by atoms with E-state index in [0.717, 1.165) is 12.8 Å². The zero-order valence-corrected chi connectivity index (χ0v) is 12.6. The first kappa shape index (κ1) is 12.9. The van der Waals surface area contributed by atoms with Crippen molar-refractivity contribution in [1.82, 2.24) is 0 Å². The van der Waals surface area contributed by atoms with E-state index in [-0.39, 0.29) is 6.04 Å². The van der Waals surface area contributed by atoms with Gasteiger partial charge in [-0.15, -0.1) is 22.7 Å². The van der Waals surface area contributed by atoms with Crippen molar-refractivity contribution in [3.05, 3.63) is 46.7 Å². The van der Waals surface area contributed by atoms with Crippen molar-refractivity contribution < 1.29 is 0 Å². The molecule has 1 aromatic carbocycles. The Kier molecular flexibility index (Phi) is 3.69. The lowest BCUT2D eigenvalue weighted by Gasteiger charge is -2.06. The van der Waals surface area contributed by atoms with Crippen molar-refractivity contribution in [2.45, 2.75) is 25.8 Å². The molecule has 2 N–H and O–H groups in total. The van der Waals surface area contributed by atoms with Crippen molar-refractivity contribution in [3.8, 4) is 10.4 Å². The predicted octanol–water partition coefficient (Wildman–Crippen LogP) is 5.43. The third kappa shape index (κ3) is 2.59. The van der Waals surface area contributed by atoms with Gasteiger partial charge in [0.05, 0.1) is 0 Å². The molecule has 0 aliphatic rings. The Labute approximate surface area is 121 Å². The van der Waals surface area contributed by atoms with Crippen LogP contribution in [0, 0.1) is 0 Å². The number of benzene rings is 1. The van der Waals surface area contributed by atoms with Crippen LogP contribution < -0.4 is 5.73 Å². The second kappa shape index (κ2) is 5.45. The van der Waals surface area contributed by atoms with E-state index in [1.165, 1.54) is 25.4 Å². The minimum Gasteiger partial charge on any atom is -0.323 e. The van der Waals surface area contributed by atoms with Crippen molar-refractivity contribution in [2.24, 2.45) is 5.73 Å². The first-order chi connectivity index (χ1) is 9.28. The van der Waals surface area contributed by atoms with Gasteiger partial charge in [0.1, 0.15) is 0 Å². The lowest BCUT2D eigenvalue weighted by molar-refractivity contribution is 0.648. The molecule has 1 atom stereocenters. The Morgan fingerprint density at radius 2 is 2.05 bits per heavy atom. The topological polar surface area (TPSA) is 26.0 Å². The van der Waals surface area contributed by atoms with Crippen LogP contribution in [0.5, 0.6) is 0 Å². The summed E-state index contributed by atoms with van der Waals surface area (Å²) in [5, 5.41) is 3.47.